The zero-order valence-corrected chi connectivity index (χ0v) is 21.5. The Hall–Kier alpha value is -1.85. The van der Waals surface area contributed by atoms with Crippen LogP contribution in [-0.4, -0.2) is 67.3 Å². The molecule has 0 radical (unpaired) electrons. The Morgan fingerprint density at radius 1 is 1.12 bits per heavy atom. The smallest absolute Gasteiger partial charge is 0.253 e. The molecule has 0 N–H and O–H groups in total. The Kier molecular flexibility index (Phi) is 7.80. The highest BCUT2D eigenvalue weighted by molar-refractivity contribution is 7.91. The van der Waals surface area contributed by atoms with Gasteiger partial charge < -0.3 is 4.90 Å². The molecule has 7 nitrogen and oxygen atoms in total. The third-order valence-electron chi connectivity index (χ3n) is 6.11. The number of thiazole rings is 1. The van der Waals surface area contributed by atoms with E-state index in [2.05, 4.69) is 18.7 Å². The molecule has 1 aliphatic heterocycles. The van der Waals surface area contributed by atoms with Gasteiger partial charge in [-0.15, -0.1) is 11.3 Å². The van der Waals surface area contributed by atoms with Crippen LogP contribution in [0.15, 0.2) is 46.0 Å². The SMILES string of the molecule is CCN(CC)CCN(C(=O)C1CCCCN1S(=O)(=O)c1cccs1)c1nc2ccccc2s1. The van der Waals surface area contributed by atoms with Crippen molar-refractivity contribution in [1.82, 2.24) is 14.2 Å². The number of carbonyl (C=O) groups is 1. The molecule has 2 aromatic heterocycles. The van der Waals surface area contributed by atoms with Crippen LogP contribution < -0.4 is 4.90 Å². The molecule has 3 heterocycles. The third-order valence-corrected chi connectivity index (χ3v) is 10.5. The molecule has 178 valence electrons. The number of amides is 1. The Labute approximate surface area is 203 Å². The van der Waals surface area contributed by atoms with E-state index in [1.54, 1.807) is 22.4 Å². The van der Waals surface area contributed by atoms with Crippen molar-refractivity contribution < 1.29 is 13.2 Å². The number of piperidine rings is 1. The van der Waals surface area contributed by atoms with Gasteiger partial charge in [0, 0.05) is 19.6 Å². The minimum atomic E-state index is -3.72. The zero-order chi connectivity index (χ0) is 23.4. The van der Waals surface area contributed by atoms with Crippen molar-refractivity contribution in [3.63, 3.8) is 0 Å². The molecular weight excluding hydrogens is 476 g/mol. The van der Waals surface area contributed by atoms with Crippen LogP contribution in [0.5, 0.6) is 0 Å². The van der Waals surface area contributed by atoms with Crippen LogP contribution in [0.3, 0.4) is 0 Å². The molecular formula is C23H30N4O3S3. The maximum Gasteiger partial charge on any atom is 0.253 e. The molecule has 10 heteroatoms. The maximum atomic E-state index is 14.0. The summed E-state index contributed by atoms with van der Waals surface area (Å²) in [4.78, 5) is 22.7. The van der Waals surface area contributed by atoms with Gasteiger partial charge in [0.15, 0.2) is 5.13 Å². The number of para-hydroxylation sites is 1. The molecule has 0 spiro atoms. The Bertz CT molecular complexity index is 1140. The number of rotatable bonds is 9. The van der Waals surface area contributed by atoms with E-state index in [1.165, 1.54) is 27.0 Å². The number of fused-ring (bicyclic) bond motifs is 1. The van der Waals surface area contributed by atoms with E-state index in [-0.39, 0.29) is 10.1 Å². The summed E-state index contributed by atoms with van der Waals surface area (Å²) in [7, 11) is -3.72. The van der Waals surface area contributed by atoms with Gasteiger partial charge in [-0.2, -0.15) is 4.31 Å². The number of sulfonamides is 1. The standard InChI is InChI=1S/C23H30N4O3S3/c1-3-25(4-2)15-16-26(23-24-18-10-5-6-12-20(18)32-23)22(28)19-11-7-8-14-27(19)33(29,30)21-13-9-17-31-21/h5-6,9-10,12-13,17,19H,3-4,7-8,11,14-16H2,1-2H3. The lowest BCUT2D eigenvalue weighted by Crippen LogP contribution is -2.54. The molecule has 1 fully saturated rings. The lowest BCUT2D eigenvalue weighted by molar-refractivity contribution is -0.123. The average Bonchev–Trinajstić information content (AvgIpc) is 3.52. The van der Waals surface area contributed by atoms with Gasteiger partial charge in [-0.1, -0.05) is 49.8 Å². The van der Waals surface area contributed by atoms with Crippen molar-refractivity contribution in [2.45, 2.75) is 43.4 Å². The van der Waals surface area contributed by atoms with Crippen molar-refractivity contribution in [3.8, 4) is 0 Å². The second-order valence-electron chi connectivity index (χ2n) is 8.04. The number of hydrogen-bond donors (Lipinski definition) is 0. The van der Waals surface area contributed by atoms with Crippen molar-refractivity contribution >= 4 is 54.0 Å². The molecule has 1 atom stereocenters. The van der Waals surface area contributed by atoms with Gasteiger partial charge in [0.05, 0.1) is 10.2 Å². The van der Waals surface area contributed by atoms with E-state index in [0.29, 0.717) is 31.2 Å². The van der Waals surface area contributed by atoms with Crippen LogP contribution >= 0.6 is 22.7 Å². The highest BCUT2D eigenvalue weighted by Gasteiger charge is 2.40. The molecule has 0 bridgehead atoms. The molecule has 1 amide bonds. The molecule has 4 rings (SSSR count). The monoisotopic (exact) mass is 506 g/mol. The fraction of sp³-hybridized carbons (Fsp3) is 0.478. The van der Waals surface area contributed by atoms with Crippen LogP contribution in [0.25, 0.3) is 10.2 Å². The first-order chi connectivity index (χ1) is 16.0. The second-order valence-corrected chi connectivity index (χ2v) is 12.1. The molecule has 0 aliphatic carbocycles. The van der Waals surface area contributed by atoms with Gasteiger partial charge in [0.25, 0.3) is 10.0 Å². The van der Waals surface area contributed by atoms with Crippen molar-refractivity contribution in [1.29, 1.82) is 0 Å². The van der Waals surface area contributed by atoms with Gasteiger partial charge in [-0.3, -0.25) is 9.69 Å². The number of aromatic nitrogens is 1. The largest absolute Gasteiger partial charge is 0.302 e. The Balaban J connectivity index is 1.67. The maximum absolute atomic E-state index is 14.0. The molecule has 1 saturated heterocycles. The Morgan fingerprint density at radius 3 is 2.61 bits per heavy atom. The van der Waals surface area contributed by atoms with E-state index in [9.17, 15) is 13.2 Å². The van der Waals surface area contributed by atoms with E-state index in [1.807, 2.05) is 24.3 Å². The van der Waals surface area contributed by atoms with Gasteiger partial charge in [-0.25, -0.2) is 13.4 Å². The van der Waals surface area contributed by atoms with Crippen molar-refractivity contribution in [3.05, 3.63) is 41.8 Å². The summed E-state index contributed by atoms with van der Waals surface area (Å²) < 4.78 is 29.5. The number of nitrogens with zero attached hydrogens (tertiary/aromatic N) is 4. The number of carbonyl (C=O) groups excluding carboxylic acids is 1. The summed E-state index contributed by atoms with van der Waals surface area (Å²) in [5.74, 6) is -0.180. The highest BCUT2D eigenvalue weighted by atomic mass is 32.2. The van der Waals surface area contributed by atoms with Gasteiger partial charge in [-0.05, 0) is 49.5 Å². The number of hydrogen-bond acceptors (Lipinski definition) is 7. The molecule has 3 aromatic rings. The summed E-state index contributed by atoms with van der Waals surface area (Å²) in [5.41, 5.74) is 0.852. The first-order valence-corrected chi connectivity index (χ1v) is 14.5. The predicted octanol–water partition coefficient (Wildman–Crippen LogP) is 4.28. The quantitative estimate of drug-likeness (QED) is 0.433. The first kappa shape index (κ1) is 24.3. The average molecular weight is 507 g/mol. The second kappa shape index (κ2) is 10.6. The van der Waals surface area contributed by atoms with Crippen LogP contribution in [0, 0.1) is 0 Å². The summed E-state index contributed by atoms with van der Waals surface area (Å²) >= 11 is 2.67. The van der Waals surface area contributed by atoms with Crippen LogP contribution in [0.1, 0.15) is 33.1 Å². The number of anilines is 1. The molecule has 33 heavy (non-hydrogen) atoms. The summed E-state index contributed by atoms with van der Waals surface area (Å²) in [6.45, 7) is 7.53. The normalized spacial score (nSPS) is 17.6. The fourth-order valence-electron chi connectivity index (χ4n) is 4.20. The lowest BCUT2D eigenvalue weighted by atomic mass is 10.0. The molecule has 0 saturated carbocycles. The third kappa shape index (κ3) is 5.14. The van der Waals surface area contributed by atoms with Crippen LogP contribution in [-0.2, 0) is 14.8 Å². The van der Waals surface area contributed by atoms with E-state index in [4.69, 9.17) is 4.98 Å². The number of thiophene rings is 1. The lowest BCUT2D eigenvalue weighted by Gasteiger charge is -2.36. The van der Waals surface area contributed by atoms with Gasteiger partial charge in [0.2, 0.25) is 5.91 Å². The minimum absolute atomic E-state index is 0.180. The molecule has 1 aromatic carbocycles. The molecule has 1 unspecified atom stereocenters. The fourth-order valence-corrected chi connectivity index (χ4v) is 7.97. The highest BCUT2D eigenvalue weighted by Crippen LogP contribution is 2.33. The summed E-state index contributed by atoms with van der Waals surface area (Å²) in [5, 5.41) is 2.39. The Morgan fingerprint density at radius 2 is 1.91 bits per heavy atom. The van der Waals surface area contributed by atoms with Gasteiger partial charge in [0.1, 0.15) is 10.3 Å². The summed E-state index contributed by atoms with van der Waals surface area (Å²) in [6, 6.07) is 10.5. The van der Waals surface area contributed by atoms with Crippen molar-refractivity contribution in [2.24, 2.45) is 0 Å². The molecule has 1 aliphatic rings. The van der Waals surface area contributed by atoms with Crippen LogP contribution in [0.2, 0.25) is 0 Å². The number of benzene rings is 1. The van der Waals surface area contributed by atoms with Crippen LogP contribution in [0.4, 0.5) is 5.13 Å². The predicted molar refractivity (Wildman–Crippen MR) is 136 cm³/mol. The number of likely N-dealkylation sites (N-methyl/N-ethyl adjacent to an activating group) is 1. The first-order valence-electron chi connectivity index (χ1n) is 11.4. The zero-order valence-electron chi connectivity index (χ0n) is 19.0. The van der Waals surface area contributed by atoms with E-state index < -0.39 is 16.1 Å². The van der Waals surface area contributed by atoms with E-state index in [0.717, 1.165) is 36.1 Å². The van der Waals surface area contributed by atoms with Gasteiger partial charge >= 0.3 is 0 Å². The summed E-state index contributed by atoms with van der Waals surface area (Å²) in [6.07, 6.45) is 2.11. The van der Waals surface area contributed by atoms with E-state index >= 15 is 0 Å². The minimum Gasteiger partial charge on any atom is -0.302 e. The van der Waals surface area contributed by atoms with Crippen molar-refractivity contribution in [2.75, 3.05) is 37.6 Å². The topological polar surface area (TPSA) is 73.8 Å².